The molecule has 148 valence electrons. The average Bonchev–Trinajstić information content (AvgIpc) is 3.22. The number of nitrogens with one attached hydrogen (secondary N) is 1. The van der Waals surface area contributed by atoms with Gasteiger partial charge in [0.05, 0.1) is 28.8 Å². The van der Waals surface area contributed by atoms with Crippen molar-refractivity contribution < 1.29 is 18.0 Å². The van der Waals surface area contributed by atoms with E-state index in [2.05, 4.69) is 10.4 Å². The number of amides is 2. The zero-order valence-corrected chi connectivity index (χ0v) is 16.2. The first-order valence-electron chi connectivity index (χ1n) is 9.36. The van der Waals surface area contributed by atoms with Gasteiger partial charge in [-0.15, -0.1) is 0 Å². The minimum atomic E-state index is -3.06. The maximum Gasteiger partial charge on any atom is 0.276 e. The Bertz CT molecular complexity index is 1060. The molecule has 3 N–H and O–H groups in total. The van der Waals surface area contributed by atoms with Crippen molar-refractivity contribution in [2.24, 2.45) is 5.73 Å². The molecule has 1 atom stereocenters. The maximum absolute atomic E-state index is 13.0. The van der Waals surface area contributed by atoms with Crippen molar-refractivity contribution in [3.05, 3.63) is 46.8 Å². The number of para-hydroxylation sites is 1. The first kappa shape index (κ1) is 18.7. The van der Waals surface area contributed by atoms with Gasteiger partial charge in [-0.1, -0.05) is 12.1 Å². The van der Waals surface area contributed by atoms with E-state index in [1.54, 1.807) is 28.9 Å². The summed E-state index contributed by atoms with van der Waals surface area (Å²) in [6.07, 6.45) is 3.98. The molecular formula is C19H22N4O4S. The van der Waals surface area contributed by atoms with Crippen LogP contribution < -0.4 is 11.1 Å². The van der Waals surface area contributed by atoms with E-state index in [0.717, 1.165) is 36.9 Å². The molecule has 0 bridgehead atoms. The predicted octanol–water partition coefficient (Wildman–Crippen LogP) is 1.47. The topological polar surface area (TPSA) is 124 Å². The highest BCUT2D eigenvalue weighted by atomic mass is 32.2. The number of carbonyl (C=O) groups is 2. The highest BCUT2D eigenvalue weighted by Gasteiger charge is 2.34. The summed E-state index contributed by atoms with van der Waals surface area (Å²) < 4.78 is 25.6. The fourth-order valence-corrected chi connectivity index (χ4v) is 5.76. The first-order chi connectivity index (χ1) is 13.4. The molecule has 8 nitrogen and oxygen atoms in total. The van der Waals surface area contributed by atoms with Crippen molar-refractivity contribution in [3.63, 3.8) is 0 Å². The summed E-state index contributed by atoms with van der Waals surface area (Å²) in [5, 5.41) is 7.28. The lowest BCUT2D eigenvalue weighted by molar-refractivity contribution is 0.100. The second-order valence-corrected chi connectivity index (χ2v) is 9.58. The highest BCUT2D eigenvalue weighted by molar-refractivity contribution is 7.91. The van der Waals surface area contributed by atoms with Gasteiger partial charge in [-0.25, -0.2) is 8.42 Å². The Balaban J connectivity index is 1.68. The molecule has 0 saturated carbocycles. The van der Waals surface area contributed by atoms with Crippen LogP contribution in [0.5, 0.6) is 0 Å². The number of hydrogen-bond donors (Lipinski definition) is 2. The smallest absolute Gasteiger partial charge is 0.276 e. The van der Waals surface area contributed by atoms with Crippen LogP contribution >= 0.6 is 0 Å². The monoisotopic (exact) mass is 402 g/mol. The van der Waals surface area contributed by atoms with E-state index >= 15 is 0 Å². The molecule has 2 aromatic rings. The Morgan fingerprint density at radius 2 is 1.93 bits per heavy atom. The molecule has 1 aliphatic carbocycles. The van der Waals surface area contributed by atoms with Gasteiger partial charge in [0.25, 0.3) is 11.8 Å². The lowest BCUT2D eigenvalue weighted by Crippen LogP contribution is -2.20. The summed E-state index contributed by atoms with van der Waals surface area (Å²) in [4.78, 5) is 24.6. The van der Waals surface area contributed by atoms with Crippen molar-refractivity contribution >= 4 is 27.3 Å². The molecule has 4 rings (SSSR count). The molecule has 0 unspecified atom stereocenters. The van der Waals surface area contributed by atoms with Crippen molar-refractivity contribution in [2.45, 2.75) is 38.1 Å². The third kappa shape index (κ3) is 3.42. The van der Waals surface area contributed by atoms with Gasteiger partial charge in [0.2, 0.25) is 0 Å². The molecule has 1 saturated heterocycles. The van der Waals surface area contributed by atoms with E-state index in [1.807, 2.05) is 0 Å². The van der Waals surface area contributed by atoms with Crippen LogP contribution in [-0.2, 0) is 22.7 Å². The zero-order valence-electron chi connectivity index (χ0n) is 15.3. The zero-order chi connectivity index (χ0) is 19.9. The highest BCUT2D eigenvalue weighted by Crippen LogP contribution is 2.31. The first-order valence-corrected chi connectivity index (χ1v) is 11.2. The van der Waals surface area contributed by atoms with Crippen molar-refractivity contribution in [1.82, 2.24) is 9.78 Å². The maximum atomic E-state index is 13.0. The van der Waals surface area contributed by atoms with Gasteiger partial charge in [-0.05, 0) is 44.2 Å². The third-order valence-electron chi connectivity index (χ3n) is 5.42. The number of carbonyl (C=O) groups excluding carboxylic acids is 2. The van der Waals surface area contributed by atoms with E-state index in [1.165, 1.54) is 0 Å². The second kappa shape index (κ2) is 7.05. The predicted molar refractivity (Wildman–Crippen MR) is 104 cm³/mol. The molecule has 2 aliphatic rings. The van der Waals surface area contributed by atoms with Crippen molar-refractivity contribution in [3.8, 4) is 0 Å². The van der Waals surface area contributed by atoms with E-state index in [4.69, 9.17) is 5.73 Å². The molecule has 1 aromatic heterocycles. The van der Waals surface area contributed by atoms with E-state index < -0.39 is 21.7 Å². The summed E-state index contributed by atoms with van der Waals surface area (Å²) >= 11 is 0. The Labute approximate surface area is 163 Å². The Morgan fingerprint density at radius 1 is 1.18 bits per heavy atom. The number of aromatic nitrogens is 2. The van der Waals surface area contributed by atoms with E-state index in [-0.39, 0.29) is 23.1 Å². The number of sulfone groups is 1. The summed E-state index contributed by atoms with van der Waals surface area (Å²) in [7, 11) is -3.06. The fourth-order valence-electron chi connectivity index (χ4n) is 4.07. The number of benzene rings is 1. The molecule has 2 amide bonds. The van der Waals surface area contributed by atoms with Gasteiger partial charge in [0.15, 0.2) is 15.5 Å². The van der Waals surface area contributed by atoms with Gasteiger partial charge in [-0.3, -0.25) is 14.3 Å². The van der Waals surface area contributed by atoms with Crippen molar-refractivity contribution in [1.29, 1.82) is 0 Å². The Morgan fingerprint density at radius 3 is 2.64 bits per heavy atom. The van der Waals surface area contributed by atoms with Crippen LogP contribution in [0.1, 0.15) is 57.4 Å². The van der Waals surface area contributed by atoms with Crippen LogP contribution in [0, 0.1) is 0 Å². The Kier molecular flexibility index (Phi) is 4.70. The number of rotatable bonds is 4. The standard InChI is InChI=1S/C19H22N4O4S/c20-18(24)13-5-1-3-7-15(13)21-19(25)17-14-6-2-4-8-16(14)23(22-17)12-9-10-28(26,27)11-12/h1,3,5,7,12H,2,4,6,8-11H2,(H2,20,24)(H,21,25)/t12-/m0/s1. The van der Waals surface area contributed by atoms with Crippen LogP contribution in [0.15, 0.2) is 24.3 Å². The van der Waals surface area contributed by atoms with Crippen LogP contribution in [-0.4, -0.2) is 41.5 Å². The molecule has 1 aliphatic heterocycles. The van der Waals surface area contributed by atoms with Crippen LogP contribution in [0.4, 0.5) is 5.69 Å². The second-order valence-electron chi connectivity index (χ2n) is 7.35. The van der Waals surface area contributed by atoms with Crippen LogP contribution in [0.3, 0.4) is 0 Å². The van der Waals surface area contributed by atoms with Crippen LogP contribution in [0.2, 0.25) is 0 Å². The SMILES string of the molecule is NC(=O)c1ccccc1NC(=O)c1nn([C@H]2CCS(=O)(=O)C2)c2c1CCCC2. The quantitative estimate of drug-likeness (QED) is 0.801. The van der Waals surface area contributed by atoms with Gasteiger partial charge in [-0.2, -0.15) is 5.10 Å². The summed E-state index contributed by atoms with van der Waals surface area (Å²) in [6.45, 7) is 0. The van der Waals surface area contributed by atoms with Gasteiger partial charge in [0, 0.05) is 11.3 Å². The number of hydrogen-bond acceptors (Lipinski definition) is 5. The lowest BCUT2D eigenvalue weighted by Gasteiger charge is -2.17. The number of nitrogens with zero attached hydrogens (tertiary/aromatic N) is 2. The number of anilines is 1. The number of nitrogens with two attached hydrogens (primary N) is 1. The van der Waals surface area contributed by atoms with Crippen molar-refractivity contribution in [2.75, 3.05) is 16.8 Å². The molecule has 28 heavy (non-hydrogen) atoms. The van der Waals surface area contributed by atoms with E-state index in [0.29, 0.717) is 17.8 Å². The lowest BCUT2D eigenvalue weighted by atomic mass is 9.95. The minimum absolute atomic E-state index is 0.0622. The molecule has 9 heteroatoms. The normalized spacial score (nSPS) is 20.5. The summed E-state index contributed by atoms with van der Waals surface area (Å²) in [5.41, 5.74) is 8.09. The molecule has 0 spiro atoms. The molecule has 2 heterocycles. The molecule has 1 fully saturated rings. The average molecular weight is 402 g/mol. The van der Waals surface area contributed by atoms with E-state index in [9.17, 15) is 18.0 Å². The minimum Gasteiger partial charge on any atom is -0.366 e. The van der Waals surface area contributed by atoms with Crippen LogP contribution in [0.25, 0.3) is 0 Å². The molecular weight excluding hydrogens is 380 g/mol. The number of primary amides is 1. The summed E-state index contributed by atoms with van der Waals surface area (Å²) in [6, 6.07) is 6.32. The Hall–Kier alpha value is -2.68. The number of fused-ring (bicyclic) bond motifs is 1. The fraction of sp³-hybridized carbons (Fsp3) is 0.421. The third-order valence-corrected chi connectivity index (χ3v) is 7.17. The molecule has 0 radical (unpaired) electrons. The summed E-state index contributed by atoms with van der Waals surface area (Å²) in [5.74, 6) is -0.821. The largest absolute Gasteiger partial charge is 0.366 e. The van der Waals surface area contributed by atoms with Gasteiger partial charge < -0.3 is 11.1 Å². The van der Waals surface area contributed by atoms with Gasteiger partial charge in [0.1, 0.15) is 0 Å². The molecule has 1 aromatic carbocycles. The van der Waals surface area contributed by atoms with Gasteiger partial charge >= 0.3 is 0 Å².